The Kier molecular flexibility index (Phi) is 4.97. The fourth-order valence-corrected chi connectivity index (χ4v) is 3.71. The first-order chi connectivity index (χ1) is 10.4. The molecular weight excluding hydrogens is 318 g/mol. The lowest BCUT2D eigenvalue weighted by Gasteiger charge is -2.21. The summed E-state index contributed by atoms with van der Waals surface area (Å²) in [6.07, 6.45) is -0.0926. The number of carbonyl (C=O) groups is 1. The molecule has 1 aromatic carbocycles. The highest BCUT2D eigenvalue weighted by Crippen LogP contribution is 2.20. The monoisotopic (exact) mass is 334 g/mol. The maximum Gasteiger partial charge on any atom is 0.409 e. The van der Waals surface area contributed by atoms with Gasteiger partial charge in [-0.3, -0.25) is 0 Å². The smallest absolute Gasteiger partial charge is 0.409 e. The number of carbonyl (C=O) groups excluding carboxylic acids is 1. The van der Waals surface area contributed by atoms with Crippen LogP contribution in [0.2, 0.25) is 0 Å². The number of halogens is 2. The summed E-state index contributed by atoms with van der Waals surface area (Å²) in [5.41, 5.74) is 0. The number of rotatable bonds is 2. The van der Waals surface area contributed by atoms with Gasteiger partial charge in [0.05, 0.1) is 12.0 Å². The van der Waals surface area contributed by atoms with Gasteiger partial charge in [0.25, 0.3) is 0 Å². The SMILES string of the molecule is COC(=O)N1CCCN(S(=O)(=O)c2ccc(F)c(F)c2)CC1. The molecule has 1 saturated heterocycles. The van der Waals surface area contributed by atoms with Crippen molar-refractivity contribution in [1.29, 1.82) is 0 Å². The van der Waals surface area contributed by atoms with E-state index in [0.717, 1.165) is 16.4 Å². The van der Waals surface area contributed by atoms with Gasteiger partial charge in [-0.2, -0.15) is 4.31 Å². The van der Waals surface area contributed by atoms with Crippen LogP contribution in [0, 0.1) is 11.6 Å². The van der Waals surface area contributed by atoms with E-state index in [4.69, 9.17) is 0 Å². The van der Waals surface area contributed by atoms with Crippen molar-refractivity contribution >= 4 is 16.1 Å². The maximum absolute atomic E-state index is 13.2. The van der Waals surface area contributed by atoms with Crippen LogP contribution in [-0.4, -0.2) is 57.0 Å². The van der Waals surface area contributed by atoms with Gasteiger partial charge in [-0.1, -0.05) is 0 Å². The fraction of sp³-hybridized carbons (Fsp3) is 0.462. The molecule has 1 aliphatic rings. The van der Waals surface area contributed by atoms with Crippen LogP contribution < -0.4 is 0 Å². The summed E-state index contributed by atoms with van der Waals surface area (Å²) >= 11 is 0. The van der Waals surface area contributed by atoms with Gasteiger partial charge >= 0.3 is 6.09 Å². The number of benzene rings is 1. The average Bonchev–Trinajstić information content (AvgIpc) is 2.75. The van der Waals surface area contributed by atoms with Crippen LogP contribution >= 0.6 is 0 Å². The highest BCUT2D eigenvalue weighted by molar-refractivity contribution is 7.89. The highest BCUT2D eigenvalue weighted by Gasteiger charge is 2.29. The topological polar surface area (TPSA) is 66.9 Å². The molecule has 1 aliphatic heterocycles. The minimum atomic E-state index is -3.93. The van der Waals surface area contributed by atoms with E-state index in [-0.39, 0.29) is 24.5 Å². The zero-order chi connectivity index (χ0) is 16.3. The van der Waals surface area contributed by atoms with Crippen LogP contribution in [-0.2, 0) is 14.8 Å². The third-order valence-electron chi connectivity index (χ3n) is 3.42. The van der Waals surface area contributed by atoms with Gasteiger partial charge in [-0.25, -0.2) is 22.0 Å². The molecule has 0 atom stereocenters. The van der Waals surface area contributed by atoms with E-state index in [0.29, 0.717) is 19.0 Å². The number of hydrogen-bond acceptors (Lipinski definition) is 4. The van der Waals surface area contributed by atoms with Crippen molar-refractivity contribution < 1.29 is 26.7 Å². The minimum absolute atomic E-state index is 0.0659. The van der Waals surface area contributed by atoms with Crippen LogP contribution in [0.3, 0.4) is 0 Å². The van der Waals surface area contributed by atoms with Gasteiger partial charge in [-0.15, -0.1) is 0 Å². The van der Waals surface area contributed by atoms with Crippen molar-refractivity contribution in [2.24, 2.45) is 0 Å². The lowest BCUT2D eigenvalue weighted by molar-refractivity contribution is 0.126. The number of nitrogens with zero attached hydrogens (tertiary/aromatic N) is 2. The minimum Gasteiger partial charge on any atom is -0.453 e. The third kappa shape index (κ3) is 3.36. The van der Waals surface area contributed by atoms with Crippen molar-refractivity contribution in [2.45, 2.75) is 11.3 Å². The number of sulfonamides is 1. The molecule has 0 bridgehead atoms. The molecule has 0 aliphatic carbocycles. The third-order valence-corrected chi connectivity index (χ3v) is 5.31. The summed E-state index contributed by atoms with van der Waals surface area (Å²) in [5.74, 6) is -2.32. The molecule has 9 heteroatoms. The largest absolute Gasteiger partial charge is 0.453 e. The van der Waals surface area contributed by atoms with Gasteiger partial charge in [0.15, 0.2) is 11.6 Å². The van der Waals surface area contributed by atoms with Gasteiger partial charge < -0.3 is 9.64 Å². The Labute approximate surface area is 127 Å². The molecule has 0 aromatic heterocycles. The average molecular weight is 334 g/mol. The van der Waals surface area contributed by atoms with E-state index in [1.807, 2.05) is 0 Å². The molecule has 2 rings (SSSR count). The van der Waals surface area contributed by atoms with Crippen LogP contribution in [0.1, 0.15) is 6.42 Å². The van der Waals surface area contributed by atoms with Crippen molar-refractivity contribution in [2.75, 3.05) is 33.3 Å². The molecule has 0 unspecified atom stereocenters. The first kappa shape index (κ1) is 16.6. The molecule has 22 heavy (non-hydrogen) atoms. The Balaban J connectivity index is 2.19. The van der Waals surface area contributed by atoms with Gasteiger partial charge in [0.2, 0.25) is 10.0 Å². The quantitative estimate of drug-likeness (QED) is 0.820. The van der Waals surface area contributed by atoms with Crippen LogP contribution in [0.5, 0.6) is 0 Å². The molecule has 0 saturated carbocycles. The Morgan fingerprint density at radius 3 is 2.50 bits per heavy atom. The lowest BCUT2D eigenvalue weighted by Crippen LogP contribution is -2.37. The van der Waals surface area contributed by atoms with Crippen molar-refractivity contribution in [3.63, 3.8) is 0 Å². The Morgan fingerprint density at radius 1 is 1.14 bits per heavy atom. The van der Waals surface area contributed by atoms with Crippen molar-refractivity contribution in [1.82, 2.24) is 9.21 Å². The second kappa shape index (κ2) is 6.57. The normalized spacial score (nSPS) is 17.1. The molecule has 1 fully saturated rings. The molecule has 0 spiro atoms. The van der Waals surface area contributed by atoms with Crippen LogP contribution in [0.25, 0.3) is 0 Å². The molecule has 0 N–H and O–H groups in total. The van der Waals surface area contributed by atoms with Crippen molar-refractivity contribution in [3.8, 4) is 0 Å². The Morgan fingerprint density at radius 2 is 1.86 bits per heavy atom. The fourth-order valence-electron chi connectivity index (χ4n) is 2.23. The van der Waals surface area contributed by atoms with E-state index in [1.165, 1.54) is 12.0 Å². The summed E-state index contributed by atoms with van der Waals surface area (Å²) in [6, 6.07) is 2.46. The number of ether oxygens (including phenoxy) is 1. The summed E-state index contributed by atoms with van der Waals surface area (Å²) in [6.45, 7) is 0.803. The summed E-state index contributed by atoms with van der Waals surface area (Å²) in [5, 5.41) is 0. The van der Waals surface area contributed by atoms with E-state index < -0.39 is 27.8 Å². The lowest BCUT2D eigenvalue weighted by atomic mass is 10.3. The molecule has 122 valence electrons. The summed E-state index contributed by atoms with van der Waals surface area (Å²) < 4.78 is 56.8. The molecular formula is C13H16F2N2O4S. The molecule has 0 radical (unpaired) electrons. The molecule has 6 nitrogen and oxygen atoms in total. The van der Waals surface area contributed by atoms with E-state index in [9.17, 15) is 22.0 Å². The van der Waals surface area contributed by atoms with Gasteiger partial charge in [0.1, 0.15) is 0 Å². The summed E-state index contributed by atoms with van der Waals surface area (Å²) in [7, 11) is -2.68. The zero-order valence-electron chi connectivity index (χ0n) is 12.0. The molecule has 1 amide bonds. The molecule has 1 aromatic rings. The van der Waals surface area contributed by atoms with Gasteiger partial charge in [-0.05, 0) is 24.6 Å². The van der Waals surface area contributed by atoms with E-state index in [2.05, 4.69) is 4.74 Å². The van der Waals surface area contributed by atoms with Crippen LogP contribution in [0.4, 0.5) is 13.6 Å². The standard InChI is InChI=1S/C13H16F2N2O4S/c1-21-13(18)16-5-2-6-17(8-7-16)22(19,20)10-3-4-11(14)12(15)9-10/h3-4,9H,2,5-8H2,1H3. The zero-order valence-corrected chi connectivity index (χ0v) is 12.8. The Bertz CT molecular complexity index is 666. The number of methoxy groups -OCH3 is 1. The van der Waals surface area contributed by atoms with Gasteiger partial charge in [0, 0.05) is 26.2 Å². The van der Waals surface area contributed by atoms with Crippen LogP contribution in [0.15, 0.2) is 23.1 Å². The predicted octanol–water partition coefficient (Wildman–Crippen LogP) is 1.43. The summed E-state index contributed by atoms with van der Waals surface area (Å²) in [4.78, 5) is 12.6. The molecule has 1 heterocycles. The first-order valence-corrected chi connectivity index (χ1v) is 8.08. The Hall–Kier alpha value is -1.74. The maximum atomic E-state index is 13.2. The number of hydrogen-bond donors (Lipinski definition) is 0. The number of amides is 1. The second-order valence-corrected chi connectivity index (χ2v) is 6.73. The first-order valence-electron chi connectivity index (χ1n) is 6.64. The highest BCUT2D eigenvalue weighted by atomic mass is 32.2. The van der Waals surface area contributed by atoms with Crippen molar-refractivity contribution in [3.05, 3.63) is 29.8 Å². The second-order valence-electron chi connectivity index (χ2n) is 4.79. The van der Waals surface area contributed by atoms with E-state index >= 15 is 0 Å². The predicted molar refractivity (Wildman–Crippen MR) is 73.7 cm³/mol. The van der Waals surface area contributed by atoms with E-state index in [1.54, 1.807) is 0 Å².